The summed E-state index contributed by atoms with van der Waals surface area (Å²) < 4.78 is 11.4. The highest BCUT2D eigenvalue weighted by atomic mass is 35.5. The number of hydrogen-bond acceptors (Lipinski definition) is 4. The minimum absolute atomic E-state index is 0.589. The molecule has 0 saturated heterocycles. The summed E-state index contributed by atoms with van der Waals surface area (Å²) in [4.78, 5) is 4.11. The molecule has 2 heterocycles. The van der Waals surface area contributed by atoms with E-state index in [1.54, 1.807) is 12.3 Å². The lowest BCUT2D eigenvalue weighted by Crippen LogP contribution is -2.16. The van der Waals surface area contributed by atoms with Crippen molar-refractivity contribution in [1.29, 1.82) is 0 Å². The van der Waals surface area contributed by atoms with Crippen LogP contribution in [0.4, 0.5) is 0 Å². The molecular formula is C19H18Cl2N2O2. The zero-order valence-corrected chi connectivity index (χ0v) is 15.1. The lowest BCUT2D eigenvalue weighted by Gasteiger charge is -2.05. The maximum atomic E-state index is 6.03. The monoisotopic (exact) mass is 376 g/mol. The van der Waals surface area contributed by atoms with Crippen LogP contribution in [0.25, 0.3) is 11.3 Å². The molecule has 1 aromatic carbocycles. The second kappa shape index (κ2) is 8.90. The fraction of sp³-hybridized carbons (Fsp3) is 0.211. The number of furan rings is 1. The molecular weight excluding hydrogens is 359 g/mol. The molecule has 0 radical (unpaired) electrons. The summed E-state index contributed by atoms with van der Waals surface area (Å²) in [6.45, 7) is 2.10. The number of halogens is 2. The third kappa shape index (κ3) is 5.49. The highest BCUT2D eigenvalue weighted by Crippen LogP contribution is 2.28. The van der Waals surface area contributed by atoms with Crippen molar-refractivity contribution < 1.29 is 9.15 Å². The summed E-state index contributed by atoms with van der Waals surface area (Å²) >= 11 is 12.1. The van der Waals surface area contributed by atoms with E-state index in [2.05, 4.69) is 10.3 Å². The third-order valence-electron chi connectivity index (χ3n) is 3.49. The average molecular weight is 377 g/mol. The lowest BCUT2D eigenvalue weighted by molar-refractivity contribution is 0.296. The summed E-state index contributed by atoms with van der Waals surface area (Å²) in [5.41, 5.74) is 0.868. The highest BCUT2D eigenvalue weighted by molar-refractivity contribution is 6.35. The first-order valence-electron chi connectivity index (χ1n) is 8.00. The second-order valence-electron chi connectivity index (χ2n) is 5.47. The molecule has 3 rings (SSSR count). The summed E-state index contributed by atoms with van der Waals surface area (Å²) in [5.74, 6) is 2.26. The molecule has 0 bridgehead atoms. The molecule has 1 N–H and O–H groups in total. The molecule has 0 amide bonds. The fourth-order valence-corrected chi connectivity index (χ4v) is 2.87. The van der Waals surface area contributed by atoms with Gasteiger partial charge in [0.05, 0.1) is 13.2 Å². The summed E-state index contributed by atoms with van der Waals surface area (Å²) in [7, 11) is 0. The van der Waals surface area contributed by atoms with Crippen LogP contribution in [-0.4, -0.2) is 18.1 Å². The topological polar surface area (TPSA) is 47.3 Å². The Hall–Kier alpha value is -2.01. The van der Waals surface area contributed by atoms with E-state index in [9.17, 15) is 0 Å². The zero-order valence-electron chi connectivity index (χ0n) is 13.5. The summed E-state index contributed by atoms with van der Waals surface area (Å²) in [6.07, 6.45) is 2.60. The number of hydrogen-bond donors (Lipinski definition) is 1. The molecule has 3 aromatic rings. The molecule has 25 heavy (non-hydrogen) atoms. The minimum Gasteiger partial charge on any atom is -0.478 e. The van der Waals surface area contributed by atoms with Crippen LogP contribution in [-0.2, 0) is 6.54 Å². The lowest BCUT2D eigenvalue weighted by atomic mass is 10.2. The Labute approximate surface area is 156 Å². The Kier molecular flexibility index (Phi) is 6.34. The second-order valence-corrected chi connectivity index (χ2v) is 6.34. The molecule has 2 aromatic heterocycles. The van der Waals surface area contributed by atoms with Gasteiger partial charge in [0.1, 0.15) is 11.5 Å². The Morgan fingerprint density at radius 2 is 1.88 bits per heavy atom. The molecule has 0 atom stereocenters. The van der Waals surface area contributed by atoms with Gasteiger partial charge < -0.3 is 14.5 Å². The van der Waals surface area contributed by atoms with Gasteiger partial charge in [-0.15, -0.1) is 0 Å². The number of nitrogens with zero attached hydrogens (tertiary/aromatic N) is 1. The molecule has 0 unspecified atom stereocenters. The number of rotatable bonds is 8. The van der Waals surface area contributed by atoms with E-state index in [1.807, 2.05) is 42.5 Å². The van der Waals surface area contributed by atoms with Crippen molar-refractivity contribution in [3.8, 4) is 17.2 Å². The predicted octanol–water partition coefficient (Wildman–Crippen LogP) is 5.21. The van der Waals surface area contributed by atoms with Crippen molar-refractivity contribution in [1.82, 2.24) is 10.3 Å². The molecule has 6 heteroatoms. The van der Waals surface area contributed by atoms with Crippen LogP contribution in [0.2, 0.25) is 10.0 Å². The maximum absolute atomic E-state index is 6.03. The molecule has 0 aliphatic heterocycles. The normalized spacial score (nSPS) is 10.8. The molecule has 130 valence electrons. The van der Waals surface area contributed by atoms with E-state index in [4.69, 9.17) is 32.4 Å². The SMILES string of the molecule is Clc1cc(Cl)cc(-c2ccc(CNCCCOc3ccccn3)o2)c1. The van der Waals surface area contributed by atoms with E-state index >= 15 is 0 Å². The quantitative estimate of drug-likeness (QED) is 0.548. The molecule has 0 saturated carbocycles. The fourth-order valence-electron chi connectivity index (χ4n) is 2.34. The largest absolute Gasteiger partial charge is 0.478 e. The van der Waals surface area contributed by atoms with Gasteiger partial charge in [-0.1, -0.05) is 29.3 Å². The van der Waals surface area contributed by atoms with Crippen LogP contribution in [0.1, 0.15) is 12.2 Å². The van der Waals surface area contributed by atoms with E-state index in [0.29, 0.717) is 29.1 Å². The van der Waals surface area contributed by atoms with Crippen molar-refractivity contribution in [2.45, 2.75) is 13.0 Å². The maximum Gasteiger partial charge on any atom is 0.213 e. The van der Waals surface area contributed by atoms with Gasteiger partial charge in [0, 0.05) is 27.9 Å². The van der Waals surface area contributed by atoms with Crippen molar-refractivity contribution >= 4 is 23.2 Å². The molecule has 0 aliphatic carbocycles. The van der Waals surface area contributed by atoms with Crippen molar-refractivity contribution in [3.05, 3.63) is 70.5 Å². The summed E-state index contributed by atoms with van der Waals surface area (Å²) in [6, 6.07) is 14.8. The van der Waals surface area contributed by atoms with E-state index in [1.165, 1.54) is 0 Å². The van der Waals surface area contributed by atoms with Gasteiger partial charge in [-0.25, -0.2) is 4.98 Å². The van der Waals surface area contributed by atoms with Gasteiger partial charge in [-0.2, -0.15) is 0 Å². The van der Waals surface area contributed by atoms with Crippen molar-refractivity contribution in [2.24, 2.45) is 0 Å². The molecule has 4 nitrogen and oxygen atoms in total. The first-order chi connectivity index (χ1) is 12.2. The molecule has 0 aliphatic rings. The van der Waals surface area contributed by atoms with Crippen LogP contribution >= 0.6 is 23.2 Å². The van der Waals surface area contributed by atoms with Crippen LogP contribution < -0.4 is 10.1 Å². The first kappa shape index (κ1) is 17.8. The van der Waals surface area contributed by atoms with Gasteiger partial charge >= 0.3 is 0 Å². The Morgan fingerprint density at radius 3 is 2.64 bits per heavy atom. The van der Waals surface area contributed by atoms with E-state index in [0.717, 1.165) is 30.0 Å². The number of nitrogens with one attached hydrogen (secondary N) is 1. The smallest absolute Gasteiger partial charge is 0.213 e. The summed E-state index contributed by atoms with van der Waals surface area (Å²) in [5, 5.41) is 4.51. The minimum atomic E-state index is 0.589. The van der Waals surface area contributed by atoms with E-state index in [-0.39, 0.29) is 0 Å². The van der Waals surface area contributed by atoms with Crippen molar-refractivity contribution in [2.75, 3.05) is 13.2 Å². The Morgan fingerprint density at radius 1 is 1.04 bits per heavy atom. The van der Waals surface area contributed by atoms with Crippen molar-refractivity contribution in [3.63, 3.8) is 0 Å². The average Bonchev–Trinajstić information content (AvgIpc) is 3.07. The third-order valence-corrected chi connectivity index (χ3v) is 3.93. The Balaban J connectivity index is 1.41. The first-order valence-corrected chi connectivity index (χ1v) is 8.76. The number of ether oxygens (including phenoxy) is 1. The number of benzene rings is 1. The number of aromatic nitrogens is 1. The number of pyridine rings is 1. The van der Waals surface area contributed by atoms with E-state index < -0.39 is 0 Å². The van der Waals surface area contributed by atoms with Gasteiger partial charge in [0.25, 0.3) is 0 Å². The van der Waals surface area contributed by atoms with Gasteiger partial charge in [-0.3, -0.25) is 0 Å². The Bertz CT molecular complexity index is 786. The highest BCUT2D eigenvalue weighted by Gasteiger charge is 2.07. The predicted molar refractivity (Wildman–Crippen MR) is 100 cm³/mol. The van der Waals surface area contributed by atoms with Crippen LogP contribution in [0.15, 0.2) is 59.1 Å². The van der Waals surface area contributed by atoms with Gasteiger partial charge in [0.15, 0.2) is 0 Å². The van der Waals surface area contributed by atoms with Crippen LogP contribution in [0, 0.1) is 0 Å². The molecule has 0 spiro atoms. The van der Waals surface area contributed by atoms with Gasteiger partial charge in [-0.05, 0) is 49.4 Å². The van der Waals surface area contributed by atoms with Crippen LogP contribution in [0.5, 0.6) is 5.88 Å². The molecule has 0 fully saturated rings. The van der Waals surface area contributed by atoms with Crippen LogP contribution in [0.3, 0.4) is 0 Å². The zero-order chi connectivity index (χ0) is 17.5. The standard InChI is InChI=1S/C19H18Cl2N2O2/c20-15-10-14(11-16(21)12-15)18-6-5-17(25-18)13-22-7-3-9-24-19-4-1-2-8-23-19/h1-2,4-6,8,10-12,22H,3,7,9,13H2. The van der Waals surface area contributed by atoms with Gasteiger partial charge in [0.2, 0.25) is 5.88 Å².